The summed E-state index contributed by atoms with van der Waals surface area (Å²) in [6.45, 7) is 1.86. The lowest BCUT2D eigenvalue weighted by molar-refractivity contribution is -0.0267. The molecule has 0 aromatic heterocycles. The summed E-state index contributed by atoms with van der Waals surface area (Å²) in [5.74, 6) is 0. The van der Waals surface area contributed by atoms with Gasteiger partial charge in [0, 0.05) is 35.8 Å². The van der Waals surface area contributed by atoms with Gasteiger partial charge < -0.3 is 9.47 Å². The maximum Gasteiger partial charge on any atom is 0.0486 e. The molecule has 0 saturated carbocycles. The Morgan fingerprint density at radius 3 is 2.92 bits per heavy atom. The molecule has 72 valence electrons. The zero-order valence-corrected chi connectivity index (χ0v) is 10.3. The Bertz CT molecular complexity index is 122. The van der Waals surface area contributed by atoms with Crippen LogP contribution in [0.25, 0.3) is 0 Å². The largest absolute Gasteiger partial charge is 0.385 e. The van der Waals surface area contributed by atoms with Crippen molar-refractivity contribution in [3.8, 4) is 0 Å². The molecule has 12 heavy (non-hydrogen) atoms. The van der Waals surface area contributed by atoms with Crippen molar-refractivity contribution in [2.24, 2.45) is 0 Å². The first-order valence-corrected chi connectivity index (χ1v) is 5.90. The highest BCUT2D eigenvalue weighted by Crippen LogP contribution is 2.25. The second-order valence-corrected chi connectivity index (χ2v) is 5.67. The van der Waals surface area contributed by atoms with E-state index in [-0.39, 0.29) is 5.22 Å². The smallest absolute Gasteiger partial charge is 0.0486 e. The molecule has 1 atom stereocenters. The maximum absolute atomic E-state index is 5.82. The molecule has 0 bridgehead atoms. The summed E-state index contributed by atoms with van der Waals surface area (Å²) in [5.41, 5.74) is 0. The van der Waals surface area contributed by atoms with E-state index in [0.717, 1.165) is 19.6 Å². The van der Waals surface area contributed by atoms with Crippen LogP contribution in [0.2, 0.25) is 0 Å². The fraction of sp³-hybridized carbons (Fsp3) is 1.00. The van der Waals surface area contributed by atoms with Crippen molar-refractivity contribution < 1.29 is 9.47 Å². The molecule has 1 fully saturated rings. The summed E-state index contributed by atoms with van der Waals surface area (Å²) in [5, 5.41) is 0.288. The van der Waals surface area contributed by atoms with Crippen LogP contribution in [0, 0.1) is 0 Å². The third kappa shape index (κ3) is 3.25. The number of hydrogen-bond donors (Lipinski definition) is 0. The molecule has 1 aliphatic rings. The van der Waals surface area contributed by atoms with E-state index in [2.05, 4.69) is 0 Å². The Hall–Kier alpha value is 0.137. The molecule has 1 saturated heterocycles. The summed E-state index contributed by atoms with van der Waals surface area (Å²) in [7, 11) is 2.93. The summed E-state index contributed by atoms with van der Waals surface area (Å²) in [6, 6.07) is 0. The average Bonchev–Trinajstić information content (AvgIpc) is 2.06. The van der Waals surface area contributed by atoms with Gasteiger partial charge in [-0.2, -0.15) is 0 Å². The number of rotatable bonds is 4. The van der Waals surface area contributed by atoms with Gasteiger partial charge in [-0.1, -0.05) is 0 Å². The lowest BCUT2D eigenvalue weighted by Gasteiger charge is -2.34. The van der Waals surface area contributed by atoms with E-state index in [1.165, 1.54) is 35.9 Å². The lowest BCUT2D eigenvalue weighted by atomic mass is 10.0. The zero-order chi connectivity index (χ0) is 8.86. The summed E-state index contributed by atoms with van der Waals surface area (Å²) in [4.78, 5) is 0. The average molecular weight is 188 g/mol. The van der Waals surface area contributed by atoms with E-state index in [4.69, 9.17) is 9.47 Å². The van der Waals surface area contributed by atoms with Gasteiger partial charge >= 0.3 is 0 Å². The first-order valence-electron chi connectivity index (χ1n) is 4.90. The second-order valence-electron chi connectivity index (χ2n) is 3.85. The van der Waals surface area contributed by atoms with Gasteiger partial charge in [-0.25, -0.2) is 0 Å². The topological polar surface area (TPSA) is 18.5 Å². The van der Waals surface area contributed by atoms with Gasteiger partial charge in [0.2, 0.25) is 0 Å². The molecule has 1 rings (SSSR count). The van der Waals surface area contributed by atoms with Crippen LogP contribution in [-0.2, 0) is 9.47 Å². The second kappa shape index (κ2) is 4.99. The molecule has 2 nitrogen and oxygen atoms in total. The van der Waals surface area contributed by atoms with Gasteiger partial charge in [0.25, 0.3) is 0 Å². The van der Waals surface area contributed by atoms with Gasteiger partial charge in [0.15, 0.2) is 0 Å². The highest BCUT2D eigenvalue weighted by molar-refractivity contribution is 6.14. The molecule has 1 unspecified atom stereocenters. The van der Waals surface area contributed by atoms with Crippen LogP contribution < -0.4 is 0 Å². The standard InChI is InChI=1S/C9H20O2Si/c1-10-7-4-6-9(12)5-2-3-8-11-9/h2-8H2,1,12H3. The van der Waals surface area contributed by atoms with Crippen molar-refractivity contribution in [2.75, 3.05) is 20.3 Å². The first kappa shape index (κ1) is 10.2. The van der Waals surface area contributed by atoms with Crippen molar-refractivity contribution in [2.45, 2.75) is 37.3 Å². The van der Waals surface area contributed by atoms with Gasteiger partial charge in [-0.3, -0.25) is 0 Å². The normalized spacial score (nSPS) is 30.8. The molecule has 0 radical (unpaired) electrons. The van der Waals surface area contributed by atoms with Crippen LogP contribution in [0.15, 0.2) is 0 Å². The third-order valence-corrected chi connectivity index (χ3v) is 3.89. The molecule has 1 aliphatic heterocycles. The van der Waals surface area contributed by atoms with Crippen LogP contribution in [0.5, 0.6) is 0 Å². The zero-order valence-electron chi connectivity index (χ0n) is 8.27. The molecule has 0 amide bonds. The van der Waals surface area contributed by atoms with Gasteiger partial charge in [0.05, 0.1) is 0 Å². The lowest BCUT2D eigenvalue weighted by Crippen LogP contribution is -2.36. The number of hydrogen-bond acceptors (Lipinski definition) is 2. The molecule has 0 N–H and O–H groups in total. The molecular formula is C9H20O2Si. The monoisotopic (exact) mass is 188 g/mol. The Labute approximate surface area is 78.1 Å². The van der Waals surface area contributed by atoms with Gasteiger partial charge in [0.1, 0.15) is 0 Å². The molecule has 0 aromatic rings. The minimum Gasteiger partial charge on any atom is -0.385 e. The fourth-order valence-electron chi connectivity index (χ4n) is 1.78. The molecule has 0 spiro atoms. The van der Waals surface area contributed by atoms with E-state index >= 15 is 0 Å². The molecule has 0 aromatic carbocycles. The van der Waals surface area contributed by atoms with E-state index in [1.54, 1.807) is 7.11 Å². The van der Waals surface area contributed by atoms with E-state index in [9.17, 15) is 0 Å². The maximum atomic E-state index is 5.82. The van der Waals surface area contributed by atoms with Crippen LogP contribution >= 0.6 is 0 Å². The Morgan fingerprint density at radius 1 is 1.50 bits per heavy atom. The summed E-state index contributed by atoms with van der Waals surface area (Å²) >= 11 is 0. The fourth-order valence-corrected chi connectivity index (χ4v) is 2.69. The van der Waals surface area contributed by atoms with E-state index < -0.39 is 0 Å². The van der Waals surface area contributed by atoms with Crippen molar-refractivity contribution in [1.82, 2.24) is 0 Å². The molecule has 3 heteroatoms. The Morgan fingerprint density at radius 2 is 2.33 bits per heavy atom. The predicted molar refractivity (Wildman–Crippen MR) is 53.6 cm³/mol. The SMILES string of the molecule is COCCCC1([SiH3])CCCCO1. The van der Waals surface area contributed by atoms with Gasteiger partial charge in [-0.05, 0) is 32.1 Å². The first-order chi connectivity index (χ1) is 5.77. The van der Waals surface area contributed by atoms with Gasteiger partial charge in [-0.15, -0.1) is 0 Å². The molecular weight excluding hydrogens is 168 g/mol. The third-order valence-electron chi connectivity index (χ3n) is 2.60. The van der Waals surface area contributed by atoms with Crippen LogP contribution in [0.1, 0.15) is 32.1 Å². The Balaban J connectivity index is 2.17. The molecule has 0 aliphatic carbocycles. The van der Waals surface area contributed by atoms with E-state index in [0.29, 0.717) is 0 Å². The minimum absolute atomic E-state index is 0.288. The number of methoxy groups -OCH3 is 1. The van der Waals surface area contributed by atoms with Crippen LogP contribution in [0.4, 0.5) is 0 Å². The van der Waals surface area contributed by atoms with Crippen LogP contribution in [0.3, 0.4) is 0 Å². The highest BCUT2D eigenvalue weighted by atomic mass is 28.1. The summed E-state index contributed by atoms with van der Waals surface area (Å²) in [6.07, 6.45) is 6.25. The van der Waals surface area contributed by atoms with Crippen molar-refractivity contribution in [1.29, 1.82) is 0 Å². The number of ether oxygens (including phenoxy) is 2. The van der Waals surface area contributed by atoms with E-state index in [1.807, 2.05) is 0 Å². The minimum atomic E-state index is 0.288. The highest BCUT2D eigenvalue weighted by Gasteiger charge is 2.26. The van der Waals surface area contributed by atoms with Crippen molar-refractivity contribution in [3.63, 3.8) is 0 Å². The Kier molecular flexibility index (Phi) is 4.25. The van der Waals surface area contributed by atoms with Crippen LogP contribution in [-0.4, -0.2) is 35.8 Å². The van der Waals surface area contributed by atoms with Crippen molar-refractivity contribution >= 4 is 10.2 Å². The molecule has 1 heterocycles. The predicted octanol–water partition coefficient (Wildman–Crippen LogP) is 0.675. The summed E-state index contributed by atoms with van der Waals surface area (Å²) < 4.78 is 10.9. The quantitative estimate of drug-likeness (QED) is 0.477. The van der Waals surface area contributed by atoms with Crippen molar-refractivity contribution in [3.05, 3.63) is 0 Å².